The van der Waals surface area contributed by atoms with Gasteiger partial charge in [-0.05, 0) is 6.42 Å². The Morgan fingerprint density at radius 3 is 2.31 bits per heavy atom. The van der Waals surface area contributed by atoms with E-state index in [0.717, 1.165) is 19.3 Å². The van der Waals surface area contributed by atoms with Gasteiger partial charge < -0.3 is 0 Å². The van der Waals surface area contributed by atoms with Crippen molar-refractivity contribution in [2.45, 2.75) is 38.7 Å². The SMILES string of the molecule is CCCCCC(CBr)O[Cl+3]([O-])([O-])[O-]. The average molecular weight is 278 g/mol. The van der Waals surface area contributed by atoms with Gasteiger partial charge in [-0.3, -0.25) is 0 Å². The summed E-state index contributed by atoms with van der Waals surface area (Å²) in [4.78, 5) is 0. The van der Waals surface area contributed by atoms with Crippen LogP contribution in [-0.4, -0.2) is 11.4 Å². The predicted molar refractivity (Wildman–Crippen MR) is 42.8 cm³/mol. The summed E-state index contributed by atoms with van der Waals surface area (Å²) < 4.78 is 34.9. The zero-order valence-electron chi connectivity index (χ0n) is 7.50. The lowest BCUT2D eigenvalue weighted by Crippen LogP contribution is -2.62. The predicted octanol–water partition coefficient (Wildman–Crippen LogP) is -0.756. The Kier molecular flexibility index (Phi) is 7.30. The third kappa shape index (κ3) is 8.93. The normalized spacial score (nSPS) is 14.5. The minimum Gasteiger partial charge on any atom is -0.183 e. The quantitative estimate of drug-likeness (QED) is 0.453. The first-order valence-electron chi connectivity index (χ1n) is 4.14. The lowest BCUT2D eigenvalue weighted by atomic mass is 10.1. The van der Waals surface area contributed by atoms with Crippen LogP contribution in [0.1, 0.15) is 32.6 Å². The van der Waals surface area contributed by atoms with Crippen LogP contribution in [0.5, 0.6) is 0 Å². The molecule has 0 saturated carbocycles. The molecule has 6 heteroatoms. The standard InChI is InChI=1S/C7H14BrClO4/c1-2-3-4-5-7(6-8)13-9(10,11)12/h7H,2-6H2,1H3. The summed E-state index contributed by atoms with van der Waals surface area (Å²) in [6.45, 7) is 2.05. The number of hydrogen-bond donors (Lipinski definition) is 0. The molecule has 0 aliphatic rings. The van der Waals surface area contributed by atoms with Gasteiger partial charge in [0.15, 0.2) is 0 Å². The first kappa shape index (κ1) is 13.6. The molecule has 0 bridgehead atoms. The van der Waals surface area contributed by atoms with Crippen LogP contribution in [0.15, 0.2) is 0 Å². The minimum absolute atomic E-state index is 0.366. The molecule has 0 aliphatic carbocycles. The highest BCUT2D eigenvalue weighted by atomic mass is 79.9. The Hall–Kier alpha value is 0.610. The van der Waals surface area contributed by atoms with E-state index < -0.39 is 16.3 Å². The maximum atomic E-state index is 10.2. The van der Waals surface area contributed by atoms with Gasteiger partial charge in [0.2, 0.25) is 6.10 Å². The van der Waals surface area contributed by atoms with Crippen molar-refractivity contribution in [1.29, 1.82) is 0 Å². The van der Waals surface area contributed by atoms with Crippen molar-refractivity contribution in [3.8, 4) is 0 Å². The zero-order chi connectivity index (χ0) is 10.3. The molecule has 0 saturated heterocycles. The first-order chi connectivity index (χ1) is 5.99. The van der Waals surface area contributed by atoms with Gasteiger partial charge in [0, 0.05) is 5.33 Å². The molecule has 0 rings (SSSR count). The molecule has 0 aliphatic heterocycles. The Morgan fingerprint density at radius 1 is 1.31 bits per heavy atom. The van der Waals surface area contributed by atoms with Crippen molar-refractivity contribution in [1.82, 2.24) is 0 Å². The van der Waals surface area contributed by atoms with Crippen LogP contribution in [0.3, 0.4) is 0 Å². The lowest BCUT2D eigenvalue weighted by Gasteiger charge is -2.17. The van der Waals surface area contributed by atoms with E-state index >= 15 is 0 Å². The van der Waals surface area contributed by atoms with Crippen LogP contribution in [0.25, 0.3) is 0 Å². The Bertz CT molecular complexity index is 128. The molecule has 0 N–H and O–H groups in total. The van der Waals surface area contributed by atoms with Crippen molar-refractivity contribution < 1.29 is 28.5 Å². The number of alkyl halides is 1. The van der Waals surface area contributed by atoms with E-state index in [4.69, 9.17) is 0 Å². The lowest BCUT2D eigenvalue weighted by molar-refractivity contribution is -1.92. The van der Waals surface area contributed by atoms with Crippen LogP contribution < -0.4 is 14.0 Å². The Morgan fingerprint density at radius 2 is 1.92 bits per heavy atom. The van der Waals surface area contributed by atoms with Crippen LogP contribution >= 0.6 is 15.9 Å². The number of halogens is 2. The molecule has 0 spiro atoms. The Balaban J connectivity index is 3.63. The molecule has 1 unspecified atom stereocenters. The van der Waals surface area contributed by atoms with E-state index in [1.807, 2.05) is 6.92 Å². The van der Waals surface area contributed by atoms with Gasteiger partial charge in [0.25, 0.3) is 0 Å². The molecule has 0 aromatic carbocycles. The average Bonchev–Trinajstić information content (AvgIpc) is 2.01. The third-order valence-electron chi connectivity index (χ3n) is 1.54. The molecule has 0 heterocycles. The molecular formula is C7H14BrClO4. The summed E-state index contributed by atoms with van der Waals surface area (Å²) in [7, 11) is -4.29. The van der Waals surface area contributed by atoms with Crippen molar-refractivity contribution in [3.63, 3.8) is 0 Å². The maximum Gasteiger partial charge on any atom is 0.223 e. The molecule has 0 amide bonds. The monoisotopic (exact) mass is 276 g/mol. The number of hydrogen-bond acceptors (Lipinski definition) is 4. The van der Waals surface area contributed by atoms with Gasteiger partial charge in [0.1, 0.15) is 0 Å². The van der Waals surface area contributed by atoms with Crippen LogP contribution in [0.2, 0.25) is 0 Å². The van der Waals surface area contributed by atoms with Gasteiger partial charge in [-0.1, -0.05) is 42.1 Å². The molecule has 80 valence electrons. The summed E-state index contributed by atoms with van der Waals surface area (Å²) in [6, 6.07) is 0. The van der Waals surface area contributed by atoms with Gasteiger partial charge in [-0.25, -0.2) is 0 Å². The summed E-state index contributed by atoms with van der Waals surface area (Å²) in [5, 5.41) is 0.366. The van der Waals surface area contributed by atoms with E-state index in [-0.39, 0.29) is 0 Å². The molecule has 4 nitrogen and oxygen atoms in total. The second-order valence-corrected chi connectivity index (χ2v) is 4.32. The second-order valence-electron chi connectivity index (χ2n) is 2.74. The fourth-order valence-electron chi connectivity index (χ4n) is 0.922. The molecule has 13 heavy (non-hydrogen) atoms. The van der Waals surface area contributed by atoms with Gasteiger partial charge in [-0.2, -0.15) is 14.0 Å². The molecule has 0 aromatic rings. The van der Waals surface area contributed by atoms with E-state index in [0.29, 0.717) is 11.8 Å². The Labute approximate surface area is 88.8 Å². The molecule has 0 fully saturated rings. The van der Waals surface area contributed by atoms with E-state index in [1.165, 1.54) is 0 Å². The topological polar surface area (TPSA) is 78.4 Å². The first-order valence-corrected chi connectivity index (χ1v) is 6.50. The van der Waals surface area contributed by atoms with Gasteiger partial charge in [-0.15, -0.1) is 0 Å². The molecule has 0 aromatic heterocycles. The maximum absolute atomic E-state index is 10.2. The van der Waals surface area contributed by atoms with Crippen LogP contribution in [0, 0.1) is 10.2 Å². The molecule has 0 radical (unpaired) electrons. The number of unbranched alkanes of at least 4 members (excludes halogenated alkanes) is 2. The number of rotatable bonds is 7. The van der Waals surface area contributed by atoms with E-state index in [2.05, 4.69) is 20.2 Å². The largest absolute Gasteiger partial charge is 0.223 e. The summed E-state index contributed by atoms with van der Waals surface area (Å²) in [6.07, 6.45) is 3.00. The summed E-state index contributed by atoms with van der Waals surface area (Å²) >= 11 is 3.09. The molecule has 1 atom stereocenters. The highest BCUT2D eigenvalue weighted by Gasteiger charge is 2.26. The minimum atomic E-state index is -4.29. The van der Waals surface area contributed by atoms with Crippen LogP contribution in [-0.2, 0) is 4.29 Å². The smallest absolute Gasteiger partial charge is 0.183 e. The fourth-order valence-corrected chi connectivity index (χ4v) is 1.99. The highest BCUT2D eigenvalue weighted by Crippen LogP contribution is 2.11. The summed E-state index contributed by atoms with van der Waals surface area (Å²) in [5.41, 5.74) is 0. The van der Waals surface area contributed by atoms with E-state index in [1.54, 1.807) is 0 Å². The van der Waals surface area contributed by atoms with Crippen molar-refractivity contribution >= 4 is 15.9 Å². The van der Waals surface area contributed by atoms with Crippen molar-refractivity contribution in [2.24, 2.45) is 0 Å². The highest BCUT2D eigenvalue weighted by molar-refractivity contribution is 9.09. The van der Waals surface area contributed by atoms with Crippen LogP contribution in [0.4, 0.5) is 0 Å². The third-order valence-corrected chi connectivity index (χ3v) is 2.73. The second kappa shape index (κ2) is 6.98. The van der Waals surface area contributed by atoms with Gasteiger partial charge in [0.05, 0.1) is 14.5 Å². The summed E-state index contributed by atoms with van der Waals surface area (Å²) in [5.74, 6) is 0. The molecular weight excluding hydrogens is 263 g/mol. The van der Waals surface area contributed by atoms with Crippen molar-refractivity contribution in [2.75, 3.05) is 5.33 Å². The van der Waals surface area contributed by atoms with E-state index in [9.17, 15) is 14.0 Å². The fraction of sp³-hybridized carbons (Fsp3) is 1.00. The zero-order valence-corrected chi connectivity index (χ0v) is 9.84. The van der Waals surface area contributed by atoms with Gasteiger partial charge >= 0.3 is 0 Å². The van der Waals surface area contributed by atoms with Crippen molar-refractivity contribution in [3.05, 3.63) is 0 Å².